The Morgan fingerprint density at radius 1 is 0.921 bits per heavy atom. The Kier molecular flexibility index (Phi) is 6.90. The van der Waals surface area contributed by atoms with Gasteiger partial charge in [-0.05, 0) is 53.6 Å². The van der Waals surface area contributed by atoms with Crippen molar-refractivity contribution in [2.75, 3.05) is 17.7 Å². The summed E-state index contributed by atoms with van der Waals surface area (Å²) in [4.78, 5) is 40.2. The fourth-order valence-electron chi connectivity index (χ4n) is 4.45. The number of urea groups is 1. The molecule has 5 rings (SSSR count). The molecule has 0 fully saturated rings. The van der Waals surface area contributed by atoms with E-state index in [1.165, 1.54) is 33.9 Å². The van der Waals surface area contributed by atoms with Gasteiger partial charge in [0.2, 0.25) is 5.91 Å². The molecule has 2 N–H and O–H groups in total. The fraction of sp³-hybridized carbons (Fsp3) is 0.138. The molecule has 4 aromatic rings. The normalized spacial score (nSPS) is 14.4. The molecule has 0 radical (unpaired) electrons. The summed E-state index contributed by atoms with van der Waals surface area (Å²) in [6.07, 6.45) is 1.81. The molecular formula is C29H25FN4O4. The number of methoxy groups -OCH3 is 1. The van der Waals surface area contributed by atoms with Crippen LogP contribution in [0, 0.1) is 5.82 Å². The summed E-state index contributed by atoms with van der Waals surface area (Å²) >= 11 is 0. The highest BCUT2D eigenvalue weighted by molar-refractivity contribution is 6.00. The summed E-state index contributed by atoms with van der Waals surface area (Å²) in [5, 5.41) is 5.46. The Labute approximate surface area is 218 Å². The molecule has 0 aliphatic carbocycles. The first-order chi connectivity index (χ1) is 18.4. The predicted octanol–water partition coefficient (Wildman–Crippen LogP) is 4.58. The zero-order chi connectivity index (χ0) is 26.6. The number of hydrogen-bond acceptors (Lipinski definition) is 4. The van der Waals surface area contributed by atoms with Gasteiger partial charge in [-0.2, -0.15) is 0 Å². The van der Waals surface area contributed by atoms with E-state index in [1.54, 1.807) is 49.6 Å². The third kappa shape index (κ3) is 5.12. The average molecular weight is 513 g/mol. The molecule has 1 atom stereocenters. The highest BCUT2D eigenvalue weighted by atomic mass is 19.1. The minimum atomic E-state index is -0.876. The van der Waals surface area contributed by atoms with Crippen LogP contribution in [-0.2, 0) is 17.8 Å². The Morgan fingerprint density at radius 3 is 2.37 bits per heavy atom. The van der Waals surface area contributed by atoms with Crippen molar-refractivity contribution < 1.29 is 18.7 Å². The van der Waals surface area contributed by atoms with Crippen LogP contribution in [0.1, 0.15) is 11.1 Å². The number of fused-ring (bicyclic) bond motifs is 1. The summed E-state index contributed by atoms with van der Waals surface area (Å²) in [6.45, 7) is 0.217. The number of nitrogens with zero attached hydrogens (tertiary/aromatic N) is 2. The number of carbonyl (C=O) groups excluding carboxylic acids is 2. The largest absolute Gasteiger partial charge is 0.497 e. The van der Waals surface area contributed by atoms with Crippen LogP contribution in [0.15, 0.2) is 95.9 Å². The van der Waals surface area contributed by atoms with E-state index in [4.69, 9.17) is 4.74 Å². The third-order valence-corrected chi connectivity index (χ3v) is 6.46. The van der Waals surface area contributed by atoms with Gasteiger partial charge in [0.1, 0.15) is 17.6 Å². The van der Waals surface area contributed by atoms with Crippen molar-refractivity contribution in [1.82, 2.24) is 9.47 Å². The molecule has 38 heavy (non-hydrogen) atoms. The van der Waals surface area contributed by atoms with Crippen LogP contribution < -0.4 is 20.9 Å². The first kappa shape index (κ1) is 24.8. The zero-order valence-electron chi connectivity index (χ0n) is 20.6. The van der Waals surface area contributed by atoms with E-state index in [2.05, 4.69) is 10.6 Å². The molecule has 0 spiro atoms. The molecule has 9 heteroatoms. The van der Waals surface area contributed by atoms with Crippen molar-refractivity contribution in [2.45, 2.75) is 19.0 Å². The Balaban J connectivity index is 1.38. The topological polar surface area (TPSA) is 92.7 Å². The molecule has 1 aliphatic heterocycles. The molecule has 1 aliphatic rings. The fourth-order valence-corrected chi connectivity index (χ4v) is 4.45. The van der Waals surface area contributed by atoms with Crippen molar-refractivity contribution in [3.8, 4) is 11.4 Å². The lowest BCUT2D eigenvalue weighted by atomic mass is 9.93. The molecule has 1 aromatic heterocycles. The van der Waals surface area contributed by atoms with Crippen molar-refractivity contribution in [1.29, 1.82) is 0 Å². The maximum Gasteiger partial charge on any atom is 0.322 e. The predicted molar refractivity (Wildman–Crippen MR) is 142 cm³/mol. The van der Waals surface area contributed by atoms with Gasteiger partial charge in [0.25, 0.3) is 5.56 Å². The number of anilines is 2. The number of carbonyl (C=O) groups is 2. The van der Waals surface area contributed by atoms with Gasteiger partial charge in [0.05, 0.1) is 18.5 Å². The quantitative estimate of drug-likeness (QED) is 0.409. The number of aromatic nitrogens is 1. The van der Waals surface area contributed by atoms with Gasteiger partial charge in [-0.3, -0.25) is 14.2 Å². The zero-order valence-corrected chi connectivity index (χ0v) is 20.6. The summed E-state index contributed by atoms with van der Waals surface area (Å²) < 4.78 is 21.5. The lowest BCUT2D eigenvalue weighted by molar-refractivity contribution is -0.120. The van der Waals surface area contributed by atoms with Gasteiger partial charge in [-0.25, -0.2) is 9.18 Å². The average Bonchev–Trinajstić information content (AvgIpc) is 2.94. The first-order valence-corrected chi connectivity index (χ1v) is 12.0. The van der Waals surface area contributed by atoms with Gasteiger partial charge in [0, 0.05) is 37.0 Å². The second-order valence-electron chi connectivity index (χ2n) is 8.84. The lowest BCUT2D eigenvalue weighted by Crippen LogP contribution is -2.52. The minimum Gasteiger partial charge on any atom is -0.497 e. The smallest absolute Gasteiger partial charge is 0.322 e. The molecule has 8 nitrogen and oxygen atoms in total. The number of hydrogen-bond donors (Lipinski definition) is 2. The SMILES string of the molecule is COc1ccc(NC(=O)N2Cc3ccccc3C[C@@H]2C(=O)Nc2ccc(-n3ccccc3=O)cc2F)cc1. The highest BCUT2D eigenvalue weighted by Crippen LogP contribution is 2.26. The van der Waals surface area contributed by atoms with Crippen molar-refractivity contribution in [3.63, 3.8) is 0 Å². The Bertz CT molecular complexity index is 1550. The molecule has 2 heterocycles. The molecule has 0 saturated carbocycles. The number of benzene rings is 3. The van der Waals surface area contributed by atoms with Crippen LogP contribution in [-0.4, -0.2) is 34.6 Å². The molecule has 192 valence electrons. The lowest BCUT2D eigenvalue weighted by Gasteiger charge is -2.36. The van der Waals surface area contributed by atoms with Crippen LogP contribution in [0.4, 0.5) is 20.6 Å². The highest BCUT2D eigenvalue weighted by Gasteiger charge is 2.35. The van der Waals surface area contributed by atoms with E-state index in [-0.39, 0.29) is 24.2 Å². The Morgan fingerprint density at radius 2 is 1.66 bits per heavy atom. The van der Waals surface area contributed by atoms with E-state index in [9.17, 15) is 14.4 Å². The monoisotopic (exact) mass is 512 g/mol. The van der Waals surface area contributed by atoms with Gasteiger partial charge < -0.3 is 20.3 Å². The maximum absolute atomic E-state index is 15.0. The van der Waals surface area contributed by atoms with Gasteiger partial charge in [-0.15, -0.1) is 0 Å². The number of pyridine rings is 1. The molecule has 0 bridgehead atoms. The first-order valence-electron chi connectivity index (χ1n) is 12.0. The van der Waals surface area contributed by atoms with Crippen LogP contribution >= 0.6 is 0 Å². The summed E-state index contributed by atoms with van der Waals surface area (Å²) in [5.74, 6) is -0.567. The number of rotatable bonds is 5. The van der Waals surface area contributed by atoms with Gasteiger partial charge in [-0.1, -0.05) is 30.3 Å². The van der Waals surface area contributed by atoms with Crippen LogP contribution in [0.2, 0.25) is 0 Å². The van der Waals surface area contributed by atoms with E-state index >= 15 is 4.39 Å². The number of halogens is 1. The maximum atomic E-state index is 15.0. The molecule has 0 saturated heterocycles. The van der Waals surface area contributed by atoms with Crippen LogP contribution in [0.3, 0.4) is 0 Å². The van der Waals surface area contributed by atoms with E-state index < -0.39 is 23.8 Å². The van der Waals surface area contributed by atoms with Crippen molar-refractivity contribution in [2.24, 2.45) is 0 Å². The molecule has 0 unspecified atom stereocenters. The summed E-state index contributed by atoms with van der Waals surface area (Å²) in [6, 6.07) is 21.9. The van der Waals surface area contributed by atoms with Crippen LogP contribution in [0.5, 0.6) is 5.75 Å². The Hall–Kier alpha value is -4.92. The van der Waals surface area contributed by atoms with Gasteiger partial charge in [0.15, 0.2) is 0 Å². The van der Waals surface area contributed by atoms with Crippen molar-refractivity contribution in [3.05, 3.63) is 118 Å². The number of nitrogens with one attached hydrogen (secondary N) is 2. The van der Waals surface area contributed by atoms with Crippen molar-refractivity contribution >= 4 is 23.3 Å². The van der Waals surface area contributed by atoms with E-state index in [0.29, 0.717) is 17.1 Å². The standard InChI is InChI=1S/C29H25FN4O4/c1-38-23-12-9-21(10-13-23)31-29(37)34-18-20-7-3-2-6-19(20)16-26(34)28(36)32-25-14-11-22(17-24(25)30)33-15-5-4-8-27(33)35/h2-15,17,26H,16,18H2,1H3,(H,31,37)(H,32,36)/t26-/m1/s1. The third-order valence-electron chi connectivity index (χ3n) is 6.46. The molecule has 3 amide bonds. The molecule has 3 aromatic carbocycles. The van der Waals surface area contributed by atoms with E-state index in [0.717, 1.165) is 11.1 Å². The number of amides is 3. The second-order valence-corrected chi connectivity index (χ2v) is 8.84. The summed E-state index contributed by atoms with van der Waals surface area (Å²) in [5.41, 5.74) is 2.41. The van der Waals surface area contributed by atoms with Gasteiger partial charge >= 0.3 is 6.03 Å². The van der Waals surface area contributed by atoms with Crippen LogP contribution in [0.25, 0.3) is 5.69 Å². The summed E-state index contributed by atoms with van der Waals surface area (Å²) in [7, 11) is 1.56. The molecular weight excluding hydrogens is 487 g/mol. The van der Waals surface area contributed by atoms with E-state index in [1.807, 2.05) is 24.3 Å². The second kappa shape index (κ2) is 10.6. The minimum absolute atomic E-state index is 0.0444. The number of ether oxygens (including phenoxy) is 1.